The summed E-state index contributed by atoms with van der Waals surface area (Å²) in [6.07, 6.45) is 24.0. The molecule has 0 radical (unpaired) electrons. The van der Waals surface area contributed by atoms with Crippen LogP contribution in [0.1, 0.15) is 117 Å². The highest BCUT2D eigenvalue weighted by Crippen LogP contribution is 2.43. The summed E-state index contributed by atoms with van der Waals surface area (Å²) in [5, 5.41) is 0. The van der Waals surface area contributed by atoms with E-state index in [1.54, 1.807) is 0 Å². The van der Waals surface area contributed by atoms with Crippen molar-refractivity contribution in [2.75, 3.05) is 20.3 Å². The van der Waals surface area contributed by atoms with Crippen molar-refractivity contribution in [2.24, 2.45) is 23.7 Å². The van der Waals surface area contributed by atoms with Crippen molar-refractivity contribution in [1.29, 1.82) is 0 Å². The molecule has 0 bridgehead atoms. The maximum Gasteiger partial charge on any atom is 0.305 e. The van der Waals surface area contributed by atoms with E-state index in [0.717, 1.165) is 76.9 Å². The molecule has 4 unspecified atom stereocenters. The van der Waals surface area contributed by atoms with Gasteiger partial charge in [0.1, 0.15) is 6.10 Å². The first-order chi connectivity index (χ1) is 21.5. The molecule has 4 fully saturated rings. The van der Waals surface area contributed by atoms with Crippen molar-refractivity contribution in [2.45, 2.75) is 147 Å². The van der Waals surface area contributed by atoms with Gasteiger partial charge in [-0.3, -0.25) is 9.59 Å². The molecule has 2 aliphatic heterocycles. The van der Waals surface area contributed by atoms with Crippen molar-refractivity contribution in [3.8, 4) is 0 Å². The minimum Gasteiger partial charge on any atom is -0.469 e. The van der Waals surface area contributed by atoms with E-state index in [0.29, 0.717) is 18.8 Å². The Morgan fingerprint density at radius 1 is 0.932 bits per heavy atom. The smallest absolute Gasteiger partial charge is 0.305 e. The fraction of sp³-hybridized carbons (Fsp3) is 0.833. The lowest BCUT2D eigenvalue weighted by Crippen LogP contribution is -2.32. The van der Waals surface area contributed by atoms with Crippen molar-refractivity contribution < 1.29 is 38.0 Å². The van der Waals surface area contributed by atoms with Crippen LogP contribution in [0.4, 0.5) is 0 Å². The second-order valence-electron chi connectivity index (χ2n) is 13.3. The van der Waals surface area contributed by atoms with Crippen LogP contribution in [0.2, 0.25) is 0 Å². The zero-order valence-electron chi connectivity index (χ0n) is 27.5. The van der Waals surface area contributed by atoms with Gasteiger partial charge in [-0.2, -0.15) is 0 Å². The van der Waals surface area contributed by atoms with Gasteiger partial charge in [-0.1, -0.05) is 50.5 Å². The Morgan fingerprint density at radius 3 is 2.39 bits per heavy atom. The third-order valence-corrected chi connectivity index (χ3v) is 9.92. The molecule has 8 nitrogen and oxygen atoms in total. The highest BCUT2D eigenvalue weighted by molar-refractivity contribution is 5.69. The predicted octanol–water partition coefficient (Wildman–Crippen LogP) is 7.44. The molecular weight excluding hydrogens is 560 g/mol. The van der Waals surface area contributed by atoms with Gasteiger partial charge in [0, 0.05) is 44.8 Å². The van der Waals surface area contributed by atoms with Crippen LogP contribution in [0.5, 0.6) is 0 Å². The van der Waals surface area contributed by atoms with E-state index in [2.05, 4.69) is 31.2 Å². The van der Waals surface area contributed by atoms with Crippen molar-refractivity contribution in [3.63, 3.8) is 0 Å². The van der Waals surface area contributed by atoms with E-state index in [-0.39, 0.29) is 54.7 Å². The minimum atomic E-state index is -0.261. The van der Waals surface area contributed by atoms with Crippen molar-refractivity contribution in [3.05, 3.63) is 24.3 Å². The van der Waals surface area contributed by atoms with Gasteiger partial charge in [0.2, 0.25) is 0 Å². The minimum absolute atomic E-state index is 0.00572. The second kappa shape index (κ2) is 19.0. The molecule has 250 valence electrons. The number of ether oxygens (including phenoxy) is 6. The second-order valence-corrected chi connectivity index (χ2v) is 13.3. The van der Waals surface area contributed by atoms with Gasteiger partial charge in [-0.05, 0) is 82.5 Å². The summed E-state index contributed by atoms with van der Waals surface area (Å²) < 4.78 is 36.1. The van der Waals surface area contributed by atoms with Crippen LogP contribution in [0.3, 0.4) is 0 Å². The topological polar surface area (TPSA) is 89.5 Å². The Labute approximate surface area is 265 Å². The highest BCUT2D eigenvalue weighted by Gasteiger charge is 2.45. The molecule has 44 heavy (non-hydrogen) atoms. The quantitative estimate of drug-likeness (QED) is 0.100. The number of carbonyl (C=O) groups excluding carboxylic acids is 2. The largest absolute Gasteiger partial charge is 0.469 e. The zero-order valence-corrected chi connectivity index (χ0v) is 27.5. The molecule has 0 amide bonds. The van der Waals surface area contributed by atoms with Crippen molar-refractivity contribution >= 4 is 11.9 Å². The van der Waals surface area contributed by atoms with Crippen LogP contribution in [0, 0.1) is 23.7 Å². The van der Waals surface area contributed by atoms with Crippen molar-refractivity contribution in [1.82, 2.24) is 0 Å². The number of esters is 2. The Balaban J connectivity index is 1.52. The molecule has 2 heterocycles. The van der Waals surface area contributed by atoms with Gasteiger partial charge < -0.3 is 28.4 Å². The van der Waals surface area contributed by atoms with Gasteiger partial charge in [0.05, 0.1) is 19.3 Å². The molecule has 2 aliphatic carbocycles. The van der Waals surface area contributed by atoms with E-state index >= 15 is 0 Å². The first-order valence-corrected chi connectivity index (χ1v) is 17.6. The lowest BCUT2D eigenvalue weighted by atomic mass is 9.88. The molecule has 9 atom stereocenters. The molecule has 8 heteroatoms. The Morgan fingerprint density at radius 2 is 1.70 bits per heavy atom. The average Bonchev–Trinajstić information content (AvgIpc) is 3.62. The Kier molecular flexibility index (Phi) is 15.2. The monoisotopic (exact) mass is 618 g/mol. The summed E-state index contributed by atoms with van der Waals surface area (Å²) in [6.45, 7) is 5.26. The van der Waals surface area contributed by atoms with Crippen LogP contribution >= 0.6 is 0 Å². The standard InChI is InChI=1S/C36H58O8/c1-4-13-27-18-19-28(24-27)31(43-35-16-9-11-22-40-35)21-20-30-29(14-7-5-6-8-15-34(38)39-3)32(42-26(2)37)25-33(30)44-36-17-10-12-23-41-36/h5,7,20-21,27-33,35-36H,4,6,8-19,22-25H2,1-3H3/b7-5-,21-20+/t27?,28?,29-,30-,31-,32+,33-,35?,36?/m1/s1. The molecule has 0 spiro atoms. The van der Waals surface area contributed by atoms with E-state index in [9.17, 15) is 9.59 Å². The van der Waals surface area contributed by atoms with Gasteiger partial charge in [0.25, 0.3) is 0 Å². The van der Waals surface area contributed by atoms with Crippen LogP contribution in [0.15, 0.2) is 24.3 Å². The number of methoxy groups -OCH3 is 1. The van der Waals surface area contributed by atoms with Gasteiger partial charge in [0.15, 0.2) is 12.6 Å². The summed E-state index contributed by atoms with van der Waals surface area (Å²) in [4.78, 5) is 23.7. The summed E-state index contributed by atoms with van der Waals surface area (Å²) in [5.74, 6) is 0.932. The Hall–Kier alpha value is -1.74. The summed E-state index contributed by atoms with van der Waals surface area (Å²) in [6, 6.07) is 0. The first-order valence-electron chi connectivity index (χ1n) is 17.6. The van der Waals surface area contributed by atoms with Crippen LogP contribution in [-0.4, -0.2) is 63.2 Å². The molecule has 0 aromatic heterocycles. The number of hydrogen-bond acceptors (Lipinski definition) is 8. The van der Waals surface area contributed by atoms with E-state index < -0.39 is 0 Å². The third-order valence-electron chi connectivity index (χ3n) is 9.92. The summed E-state index contributed by atoms with van der Waals surface area (Å²) in [7, 11) is 1.42. The number of carbonyl (C=O) groups is 2. The Bertz CT molecular complexity index is 906. The fourth-order valence-electron chi connectivity index (χ4n) is 7.63. The molecule has 4 rings (SSSR count). The number of allylic oxidation sites excluding steroid dienone is 2. The van der Waals surface area contributed by atoms with Crippen LogP contribution in [-0.2, 0) is 38.0 Å². The predicted molar refractivity (Wildman–Crippen MR) is 169 cm³/mol. The molecule has 0 aromatic carbocycles. The zero-order chi connectivity index (χ0) is 31.1. The molecule has 4 aliphatic rings. The van der Waals surface area contributed by atoms with Crippen LogP contribution in [0.25, 0.3) is 0 Å². The van der Waals surface area contributed by atoms with Crippen LogP contribution < -0.4 is 0 Å². The van der Waals surface area contributed by atoms with Gasteiger partial charge in [-0.15, -0.1) is 0 Å². The molecule has 0 aromatic rings. The van der Waals surface area contributed by atoms with E-state index in [4.69, 9.17) is 28.4 Å². The normalized spacial score (nSPS) is 33.6. The third kappa shape index (κ3) is 11.3. The summed E-state index contributed by atoms with van der Waals surface area (Å²) >= 11 is 0. The lowest BCUT2D eigenvalue weighted by molar-refractivity contribution is -0.193. The average molecular weight is 619 g/mol. The summed E-state index contributed by atoms with van der Waals surface area (Å²) in [5.41, 5.74) is 0. The molecule has 2 saturated carbocycles. The SMILES string of the molecule is CCCC1CCC([C@@H](/C=C/[C@@H]2[C@@H](C/C=C\CCCC(=O)OC)[C@@H](OC(C)=O)C[C@H]2OC2CCCCO2)OC2CCCCO2)C1. The molecule has 0 N–H and O–H groups in total. The maximum absolute atomic E-state index is 12.2. The number of hydrogen-bond donors (Lipinski definition) is 0. The number of unbranched alkanes of at least 4 members (excludes halogenated alkanes) is 1. The lowest BCUT2D eigenvalue weighted by Gasteiger charge is -2.31. The first kappa shape index (κ1) is 35.1. The number of rotatable bonds is 16. The highest BCUT2D eigenvalue weighted by atomic mass is 16.7. The maximum atomic E-state index is 12.2. The fourth-order valence-corrected chi connectivity index (χ4v) is 7.63. The van der Waals surface area contributed by atoms with E-state index in [1.807, 2.05) is 0 Å². The van der Waals surface area contributed by atoms with Gasteiger partial charge >= 0.3 is 11.9 Å². The van der Waals surface area contributed by atoms with Gasteiger partial charge in [-0.25, -0.2) is 0 Å². The van der Waals surface area contributed by atoms with E-state index in [1.165, 1.54) is 46.1 Å². The molecular formula is C36H58O8. The molecule has 2 saturated heterocycles.